The molecule has 3 aliphatic rings. The molecular weight excluding hydrogens is 330 g/mol. The molecule has 1 aliphatic heterocycles. The predicted octanol–water partition coefficient (Wildman–Crippen LogP) is 1.31. The maximum atomic E-state index is 12.3. The van der Waals surface area contributed by atoms with Crippen molar-refractivity contribution in [2.24, 2.45) is 17.8 Å². The summed E-state index contributed by atoms with van der Waals surface area (Å²) in [6.07, 6.45) is 4.68. The third-order valence-electron chi connectivity index (χ3n) is 5.76. The van der Waals surface area contributed by atoms with Gasteiger partial charge in [0.25, 0.3) is 5.91 Å². The number of piperazine rings is 1. The molecule has 0 spiro atoms. The summed E-state index contributed by atoms with van der Waals surface area (Å²) >= 11 is 0. The van der Waals surface area contributed by atoms with E-state index in [1.165, 1.54) is 12.8 Å². The van der Waals surface area contributed by atoms with Crippen molar-refractivity contribution in [2.75, 3.05) is 37.6 Å². The molecule has 3 fully saturated rings. The molecule has 2 heterocycles. The zero-order valence-corrected chi connectivity index (χ0v) is 15.4. The second kappa shape index (κ2) is 7.21. The van der Waals surface area contributed by atoms with E-state index in [0.29, 0.717) is 24.1 Å². The van der Waals surface area contributed by atoms with Crippen LogP contribution in [0.4, 0.5) is 5.82 Å². The molecule has 0 bridgehead atoms. The molecule has 2 unspecified atom stereocenters. The van der Waals surface area contributed by atoms with Gasteiger partial charge in [0.05, 0.1) is 0 Å². The minimum absolute atomic E-state index is 0.154. The second-order valence-electron chi connectivity index (χ2n) is 7.90. The lowest BCUT2D eigenvalue weighted by Crippen LogP contribution is -2.49. The molecule has 1 aromatic heterocycles. The van der Waals surface area contributed by atoms with Crippen molar-refractivity contribution in [1.82, 2.24) is 20.4 Å². The van der Waals surface area contributed by atoms with Gasteiger partial charge in [-0.3, -0.25) is 9.59 Å². The van der Waals surface area contributed by atoms with Crippen molar-refractivity contribution in [3.63, 3.8) is 0 Å². The van der Waals surface area contributed by atoms with Crippen molar-refractivity contribution in [3.05, 3.63) is 17.8 Å². The summed E-state index contributed by atoms with van der Waals surface area (Å²) in [6.45, 7) is 5.82. The summed E-state index contributed by atoms with van der Waals surface area (Å²) in [4.78, 5) is 28.5. The first-order chi connectivity index (χ1) is 12.6. The number of hydrogen-bond donors (Lipinski definition) is 1. The largest absolute Gasteiger partial charge is 0.352 e. The topological polar surface area (TPSA) is 78.4 Å². The van der Waals surface area contributed by atoms with E-state index >= 15 is 0 Å². The monoisotopic (exact) mass is 357 g/mol. The molecule has 26 heavy (non-hydrogen) atoms. The summed E-state index contributed by atoms with van der Waals surface area (Å²) < 4.78 is 0. The van der Waals surface area contributed by atoms with Crippen molar-refractivity contribution >= 4 is 17.6 Å². The van der Waals surface area contributed by atoms with Crippen molar-refractivity contribution in [3.8, 4) is 0 Å². The minimum atomic E-state index is -0.154. The second-order valence-corrected chi connectivity index (χ2v) is 7.90. The fourth-order valence-electron chi connectivity index (χ4n) is 3.56. The molecule has 2 aliphatic carbocycles. The molecule has 7 heteroatoms. The number of aromatic nitrogens is 2. The minimum Gasteiger partial charge on any atom is -0.352 e. The third-order valence-corrected chi connectivity index (χ3v) is 5.76. The van der Waals surface area contributed by atoms with Crippen LogP contribution in [0.5, 0.6) is 0 Å². The fourth-order valence-corrected chi connectivity index (χ4v) is 3.56. The van der Waals surface area contributed by atoms with Gasteiger partial charge in [-0.1, -0.05) is 19.8 Å². The number of anilines is 1. The molecule has 1 saturated heterocycles. The molecule has 4 rings (SSSR count). The van der Waals surface area contributed by atoms with Crippen LogP contribution in [-0.2, 0) is 4.79 Å². The highest BCUT2D eigenvalue weighted by Crippen LogP contribution is 2.39. The zero-order valence-electron chi connectivity index (χ0n) is 15.4. The first kappa shape index (κ1) is 17.2. The zero-order chi connectivity index (χ0) is 18.1. The van der Waals surface area contributed by atoms with E-state index in [2.05, 4.69) is 27.3 Å². The van der Waals surface area contributed by atoms with E-state index in [1.807, 2.05) is 11.0 Å². The smallest absolute Gasteiger partial charge is 0.271 e. The fraction of sp³-hybridized carbons (Fsp3) is 0.684. The van der Waals surface area contributed by atoms with E-state index in [0.717, 1.165) is 50.8 Å². The number of rotatable bonds is 6. The molecule has 1 aromatic rings. The van der Waals surface area contributed by atoms with E-state index in [-0.39, 0.29) is 11.8 Å². The quantitative estimate of drug-likeness (QED) is 0.831. The Labute approximate surface area is 154 Å². The number of amides is 2. The number of nitrogens with zero attached hydrogens (tertiary/aromatic N) is 4. The van der Waals surface area contributed by atoms with Gasteiger partial charge in [-0.2, -0.15) is 0 Å². The molecule has 0 aromatic carbocycles. The van der Waals surface area contributed by atoms with Gasteiger partial charge in [-0.15, -0.1) is 10.2 Å². The summed E-state index contributed by atoms with van der Waals surface area (Å²) in [5, 5.41) is 11.2. The number of carbonyl (C=O) groups is 2. The predicted molar refractivity (Wildman–Crippen MR) is 97.8 cm³/mol. The Morgan fingerprint density at radius 3 is 2.46 bits per heavy atom. The number of nitrogens with one attached hydrogen (secondary N) is 1. The molecule has 1 N–H and O–H groups in total. The van der Waals surface area contributed by atoms with Crippen LogP contribution in [0.3, 0.4) is 0 Å². The first-order valence-electron chi connectivity index (χ1n) is 9.77. The van der Waals surface area contributed by atoms with Gasteiger partial charge >= 0.3 is 0 Å². The van der Waals surface area contributed by atoms with Crippen LogP contribution in [0.25, 0.3) is 0 Å². The molecule has 2 amide bonds. The molecule has 140 valence electrons. The Morgan fingerprint density at radius 1 is 1.15 bits per heavy atom. The van der Waals surface area contributed by atoms with Crippen molar-refractivity contribution < 1.29 is 9.59 Å². The Morgan fingerprint density at radius 2 is 1.88 bits per heavy atom. The molecule has 0 radical (unpaired) electrons. The lowest BCUT2D eigenvalue weighted by atomic mass is 10.2. The average molecular weight is 357 g/mol. The van der Waals surface area contributed by atoms with Crippen LogP contribution in [0.1, 0.15) is 43.1 Å². The van der Waals surface area contributed by atoms with Crippen LogP contribution in [-0.4, -0.2) is 59.6 Å². The van der Waals surface area contributed by atoms with Crippen LogP contribution in [0.15, 0.2) is 12.1 Å². The van der Waals surface area contributed by atoms with Crippen LogP contribution in [0.2, 0.25) is 0 Å². The third kappa shape index (κ3) is 3.97. The Hall–Kier alpha value is -2.18. The van der Waals surface area contributed by atoms with Gasteiger partial charge < -0.3 is 15.1 Å². The lowest BCUT2D eigenvalue weighted by molar-refractivity contribution is -0.133. The normalized spacial score (nSPS) is 25.1. The molecular formula is C19H27N5O2. The summed E-state index contributed by atoms with van der Waals surface area (Å²) in [5.41, 5.74) is 0.362. The SMILES string of the molecule is CC1CC1C(=O)N1CCN(c2ccc(C(=O)NCCC3CC3)nn2)CC1. The highest BCUT2D eigenvalue weighted by atomic mass is 16.2. The maximum absolute atomic E-state index is 12.3. The molecule has 2 saturated carbocycles. The highest BCUT2D eigenvalue weighted by molar-refractivity contribution is 5.92. The maximum Gasteiger partial charge on any atom is 0.271 e. The van der Waals surface area contributed by atoms with Gasteiger partial charge in [-0.25, -0.2) is 0 Å². The van der Waals surface area contributed by atoms with Gasteiger partial charge in [0, 0.05) is 38.6 Å². The number of hydrogen-bond acceptors (Lipinski definition) is 5. The highest BCUT2D eigenvalue weighted by Gasteiger charge is 2.42. The van der Waals surface area contributed by atoms with E-state index < -0.39 is 0 Å². The van der Waals surface area contributed by atoms with E-state index in [4.69, 9.17) is 0 Å². The Balaban J connectivity index is 1.25. The Kier molecular flexibility index (Phi) is 4.78. The summed E-state index contributed by atoms with van der Waals surface area (Å²) in [6, 6.07) is 3.58. The van der Waals surface area contributed by atoms with E-state index in [1.54, 1.807) is 6.07 Å². The van der Waals surface area contributed by atoms with Crippen LogP contribution >= 0.6 is 0 Å². The van der Waals surface area contributed by atoms with Gasteiger partial charge in [-0.05, 0) is 36.8 Å². The first-order valence-corrected chi connectivity index (χ1v) is 9.77. The van der Waals surface area contributed by atoms with Crippen LogP contribution in [0, 0.1) is 17.8 Å². The summed E-state index contributed by atoms with van der Waals surface area (Å²) in [7, 11) is 0. The van der Waals surface area contributed by atoms with Crippen molar-refractivity contribution in [1.29, 1.82) is 0 Å². The van der Waals surface area contributed by atoms with Crippen LogP contribution < -0.4 is 10.2 Å². The van der Waals surface area contributed by atoms with Gasteiger partial charge in [0.2, 0.25) is 5.91 Å². The lowest BCUT2D eigenvalue weighted by Gasteiger charge is -2.35. The average Bonchev–Trinajstić information content (AvgIpc) is 3.59. The molecule has 7 nitrogen and oxygen atoms in total. The van der Waals surface area contributed by atoms with Gasteiger partial charge in [0.15, 0.2) is 11.5 Å². The summed E-state index contributed by atoms with van der Waals surface area (Å²) in [5.74, 6) is 2.53. The van der Waals surface area contributed by atoms with Gasteiger partial charge in [0.1, 0.15) is 0 Å². The van der Waals surface area contributed by atoms with E-state index in [9.17, 15) is 9.59 Å². The molecule has 2 atom stereocenters. The van der Waals surface area contributed by atoms with Crippen molar-refractivity contribution in [2.45, 2.75) is 32.6 Å². The Bertz CT molecular complexity index is 665. The number of carbonyl (C=O) groups excluding carboxylic acids is 2. The standard InChI is InChI=1S/C19H27N5O2/c1-13-12-15(13)19(26)24-10-8-23(9-11-24)17-5-4-16(21-22-17)18(25)20-7-6-14-2-3-14/h4-5,13-15H,2-3,6-12H2,1H3,(H,20,25).